The third-order valence-corrected chi connectivity index (χ3v) is 7.17. The van der Waals surface area contributed by atoms with Gasteiger partial charge in [0.05, 0.1) is 6.61 Å². The fourth-order valence-corrected chi connectivity index (χ4v) is 5.12. The highest BCUT2D eigenvalue weighted by atomic mass is 16.6. The van der Waals surface area contributed by atoms with Gasteiger partial charge in [0, 0.05) is 19.9 Å². The summed E-state index contributed by atoms with van der Waals surface area (Å²) < 4.78 is 17.5. The number of benzene rings is 2. The van der Waals surface area contributed by atoms with Crippen LogP contribution >= 0.6 is 0 Å². The van der Waals surface area contributed by atoms with Gasteiger partial charge in [-0.1, -0.05) is 55.3 Å². The minimum absolute atomic E-state index is 0.0901. The summed E-state index contributed by atoms with van der Waals surface area (Å²) in [6, 6.07) is 17.4. The standard InChI is InChI=1S/C34H47NO6/c1-26(36)35-23-12-11-19-30(35)33(38)40-31(22-21-27-15-8-7-9-16-27)28-17-14-18-29(25-28)39-24-13-6-5-10-20-32(37)41-34(2,3)4/h7-9,14-18,25,30-31H,5-6,10-13,19-24H2,1-4H3/t30?,31-/m1/s1. The molecule has 7 nitrogen and oxygen atoms in total. The molecule has 1 aliphatic heterocycles. The normalized spacial score (nSPS) is 16.1. The topological polar surface area (TPSA) is 82.1 Å². The number of hydrogen-bond donors (Lipinski definition) is 0. The number of carbonyl (C=O) groups is 3. The second-order valence-corrected chi connectivity index (χ2v) is 11.8. The fraction of sp³-hybridized carbons (Fsp3) is 0.559. The van der Waals surface area contributed by atoms with Crippen molar-refractivity contribution in [1.29, 1.82) is 0 Å². The predicted molar refractivity (Wildman–Crippen MR) is 159 cm³/mol. The first-order valence-electron chi connectivity index (χ1n) is 15.1. The van der Waals surface area contributed by atoms with E-state index in [1.807, 2.05) is 63.2 Å². The molecule has 0 radical (unpaired) electrons. The number of likely N-dealkylation sites (tertiary alicyclic amines) is 1. The molecule has 224 valence electrons. The number of carbonyl (C=O) groups excluding carboxylic acids is 3. The van der Waals surface area contributed by atoms with Crippen LogP contribution < -0.4 is 4.74 Å². The maximum Gasteiger partial charge on any atom is 0.329 e. The molecule has 1 saturated heterocycles. The van der Waals surface area contributed by atoms with E-state index >= 15 is 0 Å². The maximum absolute atomic E-state index is 13.3. The van der Waals surface area contributed by atoms with Gasteiger partial charge in [-0.05, 0) is 89.0 Å². The molecule has 1 aliphatic rings. The van der Waals surface area contributed by atoms with E-state index < -0.39 is 17.7 Å². The van der Waals surface area contributed by atoms with Crippen LogP contribution in [-0.2, 0) is 30.3 Å². The predicted octanol–water partition coefficient (Wildman–Crippen LogP) is 6.98. The van der Waals surface area contributed by atoms with Crippen molar-refractivity contribution in [3.8, 4) is 5.75 Å². The molecule has 1 unspecified atom stereocenters. The zero-order valence-electron chi connectivity index (χ0n) is 25.2. The molecular formula is C34H47NO6. The number of amides is 1. The number of esters is 2. The van der Waals surface area contributed by atoms with Crippen LogP contribution in [0.1, 0.15) is 103 Å². The van der Waals surface area contributed by atoms with Gasteiger partial charge >= 0.3 is 11.9 Å². The van der Waals surface area contributed by atoms with Gasteiger partial charge in [-0.15, -0.1) is 0 Å². The van der Waals surface area contributed by atoms with Gasteiger partial charge in [0.1, 0.15) is 23.5 Å². The molecule has 41 heavy (non-hydrogen) atoms. The Hall–Kier alpha value is -3.35. The summed E-state index contributed by atoms with van der Waals surface area (Å²) in [5, 5.41) is 0. The fourth-order valence-electron chi connectivity index (χ4n) is 5.12. The van der Waals surface area contributed by atoms with Crippen molar-refractivity contribution in [3.05, 3.63) is 65.7 Å². The van der Waals surface area contributed by atoms with Crippen LogP contribution in [0.2, 0.25) is 0 Å². The van der Waals surface area contributed by atoms with Gasteiger partial charge in [0.2, 0.25) is 5.91 Å². The quantitative estimate of drug-likeness (QED) is 0.182. The van der Waals surface area contributed by atoms with E-state index in [9.17, 15) is 14.4 Å². The maximum atomic E-state index is 13.3. The molecular weight excluding hydrogens is 518 g/mol. The van der Waals surface area contributed by atoms with E-state index in [4.69, 9.17) is 14.2 Å². The second kappa shape index (κ2) is 16.2. The lowest BCUT2D eigenvalue weighted by Gasteiger charge is -2.34. The number of hydrogen-bond acceptors (Lipinski definition) is 6. The molecule has 2 aromatic carbocycles. The summed E-state index contributed by atoms with van der Waals surface area (Å²) in [6.45, 7) is 8.32. The van der Waals surface area contributed by atoms with Crippen molar-refractivity contribution in [2.24, 2.45) is 0 Å². The molecule has 0 spiro atoms. The van der Waals surface area contributed by atoms with Gasteiger partial charge in [-0.2, -0.15) is 0 Å². The summed E-state index contributed by atoms with van der Waals surface area (Å²) in [5.74, 6) is 0.161. The molecule has 0 N–H and O–H groups in total. The van der Waals surface area contributed by atoms with Crippen molar-refractivity contribution in [2.45, 2.75) is 110 Å². The van der Waals surface area contributed by atoms with E-state index in [1.165, 1.54) is 12.5 Å². The highest BCUT2D eigenvalue weighted by Crippen LogP contribution is 2.29. The lowest BCUT2D eigenvalue weighted by Crippen LogP contribution is -2.48. The highest BCUT2D eigenvalue weighted by Gasteiger charge is 2.33. The zero-order valence-corrected chi connectivity index (χ0v) is 25.2. The first-order chi connectivity index (χ1) is 19.6. The average molecular weight is 566 g/mol. The van der Waals surface area contributed by atoms with Crippen LogP contribution in [0.15, 0.2) is 54.6 Å². The SMILES string of the molecule is CC(=O)N1CCCCC1C(=O)O[C@H](CCc1ccccc1)c1cccc(OCCCCCCC(=O)OC(C)(C)C)c1. The van der Waals surface area contributed by atoms with Gasteiger partial charge in [-0.3, -0.25) is 9.59 Å². The van der Waals surface area contributed by atoms with E-state index in [2.05, 4.69) is 12.1 Å². The Morgan fingerprint density at radius 3 is 2.44 bits per heavy atom. The Kier molecular flexibility index (Phi) is 12.7. The Balaban J connectivity index is 1.56. The third-order valence-electron chi connectivity index (χ3n) is 7.17. The molecule has 0 aliphatic carbocycles. The van der Waals surface area contributed by atoms with Crippen molar-refractivity contribution in [1.82, 2.24) is 4.90 Å². The summed E-state index contributed by atoms with van der Waals surface area (Å²) >= 11 is 0. The third kappa shape index (κ3) is 11.6. The number of nitrogens with zero attached hydrogens (tertiary/aromatic N) is 1. The number of piperidine rings is 1. The molecule has 1 amide bonds. The van der Waals surface area contributed by atoms with Crippen LogP contribution in [0, 0.1) is 0 Å². The second-order valence-electron chi connectivity index (χ2n) is 11.8. The molecule has 3 rings (SSSR count). The summed E-state index contributed by atoms with van der Waals surface area (Å²) in [4.78, 5) is 39.0. The molecule has 0 aromatic heterocycles. The largest absolute Gasteiger partial charge is 0.494 e. The van der Waals surface area contributed by atoms with Crippen molar-refractivity contribution >= 4 is 17.8 Å². The molecule has 2 aromatic rings. The molecule has 0 bridgehead atoms. The van der Waals surface area contributed by atoms with E-state index in [0.29, 0.717) is 32.4 Å². The number of ether oxygens (including phenoxy) is 3. The van der Waals surface area contributed by atoms with Gasteiger partial charge in [0.15, 0.2) is 0 Å². The number of unbranched alkanes of at least 4 members (excludes halogenated alkanes) is 3. The minimum Gasteiger partial charge on any atom is -0.494 e. The van der Waals surface area contributed by atoms with E-state index in [-0.39, 0.29) is 17.8 Å². The van der Waals surface area contributed by atoms with Crippen LogP contribution in [-0.4, -0.2) is 47.5 Å². The summed E-state index contributed by atoms with van der Waals surface area (Å²) in [5.41, 5.74) is 1.62. The van der Waals surface area contributed by atoms with Crippen LogP contribution in [0.3, 0.4) is 0 Å². The molecule has 0 saturated carbocycles. The summed E-state index contributed by atoms with van der Waals surface area (Å²) in [7, 11) is 0. The number of aryl methyl sites for hydroxylation is 1. The molecule has 7 heteroatoms. The van der Waals surface area contributed by atoms with Gasteiger partial charge in [0.25, 0.3) is 0 Å². The Labute approximate surface area is 245 Å². The minimum atomic E-state index is -0.532. The van der Waals surface area contributed by atoms with Gasteiger partial charge in [-0.25, -0.2) is 4.79 Å². The lowest BCUT2D eigenvalue weighted by molar-refractivity contribution is -0.161. The average Bonchev–Trinajstić information content (AvgIpc) is 2.94. The van der Waals surface area contributed by atoms with Crippen molar-refractivity contribution < 1.29 is 28.6 Å². The molecule has 2 atom stereocenters. The van der Waals surface area contributed by atoms with Gasteiger partial charge < -0.3 is 19.1 Å². The van der Waals surface area contributed by atoms with E-state index in [1.54, 1.807) is 4.90 Å². The molecule has 1 fully saturated rings. The number of rotatable bonds is 14. The van der Waals surface area contributed by atoms with Crippen molar-refractivity contribution in [3.63, 3.8) is 0 Å². The Morgan fingerprint density at radius 1 is 0.951 bits per heavy atom. The lowest BCUT2D eigenvalue weighted by atomic mass is 9.99. The smallest absolute Gasteiger partial charge is 0.329 e. The zero-order chi connectivity index (χ0) is 29.7. The van der Waals surface area contributed by atoms with Crippen LogP contribution in [0.5, 0.6) is 5.75 Å². The Bertz CT molecular complexity index is 1110. The van der Waals surface area contributed by atoms with Crippen LogP contribution in [0.4, 0.5) is 0 Å². The summed E-state index contributed by atoms with van der Waals surface area (Å²) in [6.07, 6.45) is 7.42. The van der Waals surface area contributed by atoms with Crippen LogP contribution in [0.25, 0.3) is 0 Å². The highest BCUT2D eigenvalue weighted by molar-refractivity contribution is 5.83. The first kappa shape index (κ1) is 32.2. The Morgan fingerprint density at radius 2 is 1.71 bits per heavy atom. The first-order valence-corrected chi connectivity index (χ1v) is 15.1. The molecule has 1 heterocycles. The van der Waals surface area contributed by atoms with E-state index in [0.717, 1.165) is 56.3 Å². The monoisotopic (exact) mass is 565 g/mol. The van der Waals surface area contributed by atoms with Crippen molar-refractivity contribution in [2.75, 3.05) is 13.2 Å².